The van der Waals surface area contributed by atoms with E-state index in [0.717, 1.165) is 40.8 Å². The Morgan fingerprint density at radius 3 is 2.54 bits per heavy atom. The lowest BCUT2D eigenvalue weighted by Crippen LogP contribution is -2.37. The molecule has 7 nitrogen and oxygen atoms in total. The monoisotopic (exact) mass is 559 g/mol. The maximum absolute atomic E-state index is 13.7. The number of sulfonamides is 1. The summed E-state index contributed by atoms with van der Waals surface area (Å²) in [5, 5.41) is 1.10. The first-order chi connectivity index (χ1) is 17.7. The third kappa shape index (κ3) is 5.47. The molecule has 11 heteroatoms. The van der Waals surface area contributed by atoms with Gasteiger partial charge in [0.2, 0.25) is 0 Å². The van der Waals surface area contributed by atoms with E-state index in [1.165, 1.54) is 35.6 Å². The van der Waals surface area contributed by atoms with Crippen molar-refractivity contribution in [2.45, 2.75) is 30.8 Å². The highest BCUT2D eigenvalue weighted by Crippen LogP contribution is 2.36. The van der Waals surface area contributed by atoms with Gasteiger partial charge in [0.25, 0.3) is 15.9 Å². The number of hydrogen-bond acceptors (Lipinski definition) is 6. The van der Waals surface area contributed by atoms with Crippen LogP contribution in [-0.2, 0) is 14.8 Å². The van der Waals surface area contributed by atoms with Gasteiger partial charge in [0.15, 0.2) is 5.13 Å². The number of carbonyl (C=O) groups is 1. The average molecular weight is 560 g/mol. The van der Waals surface area contributed by atoms with E-state index < -0.39 is 15.8 Å². The number of amides is 1. The molecule has 0 aliphatic carbocycles. The van der Waals surface area contributed by atoms with E-state index in [4.69, 9.17) is 21.3 Å². The predicted molar refractivity (Wildman–Crippen MR) is 144 cm³/mol. The zero-order valence-corrected chi connectivity index (χ0v) is 22.2. The summed E-state index contributed by atoms with van der Waals surface area (Å²) in [4.78, 5) is 19.9. The standard InChI is InChI=1S/C26H23ClFN3O4S2/c1-16-4-13-22(27)24-23(16)29-26(36-24)31(15-20-3-2-14-35-20)25(32)17-5-9-19(10-6-17)30-37(33,34)21-11-7-18(28)8-12-21/h4-13,20,30H,2-3,14-15H2,1H3. The summed E-state index contributed by atoms with van der Waals surface area (Å²) in [5.74, 6) is -0.809. The largest absolute Gasteiger partial charge is 0.376 e. The number of rotatable bonds is 7. The number of thiazole rings is 1. The summed E-state index contributed by atoms with van der Waals surface area (Å²) in [6.45, 7) is 2.94. The number of ether oxygens (including phenoxy) is 1. The first kappa shape index (κ1) is 25.6. The number of fused-ring (bicyclic) bond motifs is 1. The molecule has 1 amide bonds. The highest BCUT2D eigenvalue weighted by molar-refractivity contribution is 7.92. The third-order valence-electron chi connectivity index (χ3n) is 6.08. The second kappa shape index (κ2) is 10.4. The normalized spacial score (nSPS) is 15.7. The van der Waals surface area contributed by atoms with Crippen molar-refractivity contribution in [1.29, 1.82) is 0 Å². The first-order valence-electron chi connectivity index (χ1n) is 11.6. The van der Waals surface area contributed by atoms with Gasteiger partial charge in [-0.05, 0) is 79.9 Å². The van der Waals surface area contributed by atoms with Crippen LogP contribution in [0.15, 0.2) is 65.6 Å². The lowest BCUT2D eigenvalue weighted by molar-refractivity contribution is 0.0917. The fraction of sp³-hybridized carbons (Fsp3) is 0.231. The lowest BCUT2D eigenvalue weighted by Gasteiger charge is -2.23. The summed E-state index contributed by atoms with van der Waals surface area (Å²) < 4.78 is 47.5. The molecule has 0 radical (unpaired) electrons. The van der Waals surface area contributed by atoms with E-state index in [0.29, 0.717) is 28.9 Å². The second-order valence-corrected chi connectivity index (χ2v) is 11.8. The van der Waals surface area contributed by atoms with E-state index in [1.807, 2.05) is 19.1 Å². The fourth-order valence-electron chi connectivity index (χ4n) is 4.11. The lowest BCUT2D eigenvalue weighted by atomic mass is 10.1. The van der Waals surface area contributed by atoms with Crippen LogP contribution in [0.3, 0.4) is 0 Å². The molecule has 5 rings (SSSR count). The Morgan fingerprint density at radius 2 is 1.89 bits per heavy atom. The quantitative estimate of drug-likeness (QED) is 0.299. The number of anilines is 2. The molecule has 0 spiro atoms. The van der Waals surface area contributed by atoms with Gasteiger partial charge >= 0.3 is 0 Å². The molecule has 2 heterocycles. The Kier molecular flexibility index (Phi) is 7.17. The summed E-state index contributed by atoms with van der Waals surface area (Å²) in [6, 6.07) is 14.4. The predicted octanol–water partition coefficient (Wildman–Crippen LogP) is 6.02. The van der Waals surface area contributed by atoms with Gasteiger partial charge in [-0.3, -0.25) is 14.4 Å². The molecule has 0 saturated carbocycles. The van der Waals surface area contributed by atoms with Crippen molar-refractivity contribution in [3.8, 4) is 0 Å². The van der Waals surface area contributed by atoms with E-state index in [1.54, 1.807) is 17.0 Å². The highest BCUT2D eigenvalue weighted by Gasteiger charge is 2.28. The molecule has 1 aliphatic rings. The molecule has 1 N–H and O–H groups in total. The van der Waals surface area contributed by atoms with Crippen molar-refractivity contribution in [3.05, 3.63) is 82.6 Å². The van der Waals surface area contributed by atoms with Crippen LogP contribution in [-0.4, -0.2) is 38.6 Å². The van der Waals surface area contributed by atoms with Crippen molar-refractivity contribution in [3.63, 3.8) is 0 Å². The topological polar surface area (TPSA) is 88.6 Å². The molecular formula is C26H23ClFN3O4S2. The van der Waals surface area contributed by atoms with E-state index in [9.17, 15) is 17.6 Å². The van der Waals surface area contributed by atoms with Crippen LogP contribution in [0.2, 0.25) is 5.02 Å². The van der Waals surface area contributed by atoms with Crippen LogP contribution in [0.25, 0.3) is 10.2 Å². The summed E-state index contributed by atoms with van der Waals surface area (Å²) >= 11 is 7.75. The molecule has 1 unspecified atom stereocenters. The second-order valence-electron chi connectivity index (χ2n) is 8.73. The zero-order valence-electron chi connectivity index (χ0n) is 19.8. The maximum Gasteiger partial charge on any atom is 0.261 e. The maximum atomic E-state index is 13.7. The van der Waals surface area contributed by atoms with Gasteiger partial charge in [0.05, 0.1) is 32.8 Å². The molecule has 192 valence electrons. The van der Waals surface area contributed by atoms with Crippen LogP contribution < -0.4 is 9.62 Å². The molecule has 1 aliphatic heterocycles. The van der Waals surface area contributed by atoms with Crippen LogP contribution in [0.4, 0.5) is 15.2 Å². The fourth-order valence-corrected chi connectivity index (χ4v) is 6.49. The summed E-state index contributed by atoms with van der Waals surface area (Å²) in [7, 11) is -3.91. The van der Waals surface area contributed by atoms with Crippen molar-refractivity contribution in [2.24, 2.45) is 0 Å². The van der Waals surface area contributed by atoms with Gasteiger partial charge in [0.1, 0.15) is 5.82 Å². The number of nitrogens with zero attached hydrogens (tertiary/aromatic N) is 2. The third-order valence-corrected chi connectivity index (χ3v) is 9.02. The first-order valence-corrected chi connectivity index (χ1v) is 14.3. The average Bonchev–Trinajstić information content (AvgIpc) is 3.56. The minimum atomic E-state index is -3.91. The highest BCUT2D eigenvalue weighted by atomic mass is 35.5. The van der Waals surface area contributed by atoms with Gasteiger partial charge < -0.3 is 4.74 Å². The van der Waals surface area contributed by atoms with Crippen molar-refractivity contribution < 1.29 is 22.3 Å². The molecule has 0 bridgehead atoms. The number of benzene rings is 3. The molecule has 1 aromatic heterocycles. The van der Waals surface area contributed by atoms with Crippen LogP contribution in [0.1, 0.15) is 28.8 Å². The van der Waals surface area contributed by atoms with Crippen LogP contribution in [0.5, 0.6) is 0 Å². The van der Waals surface area contributed by atoms with E-state index in [2.05, 4.69) is 4.72 Å². The van der Waals surface area contributed by atoms with Crippen molar-refractivity contribution >= 4 is 59.9 Å². The molecule has 37 heavy (non-hydrogen) atoms. The van der Waals surface area contributed by atoms with Crippen LogP contribution >= 0.6 is 22.9 Å². The molecular weight excluding hydrogens is 537 g/mol. The van der Waals surface area contributed by atoms with Gasteiger partial charge in [-0.2, -0.15) is 0 Å². The smallest absolute Gasteiger partial charge is 0.261 e. The zero-order chi connectivity index (χ0) is 26.2. The summed E-state index contributed by atoms with van der Waals surface area (Å²) in [6.07, 6.45) is 1.67. The van der Waals surface area contributed by atoms with E-state index >= 15 is 0 Å². The Morgan fingerprint density at radius 1 is 1.16 bits per heavy atom. The van der Waals surface area contributed by atoms with Gasteiger partial charge in [-0.15, -0.1) is 0 Å². The van der Waals surface area contributed by atoms with Crippen molar-refractivity contribution in [1.82, 2.24) is 4.98 Å². The van der Waals surface area contributed by atoms with Gasteiger partial charge in [0, 0.05) is 17.9 Å². The van der Waals surface area contributed by atoms with Crippen LogP contribution in [0, 0.1) is 12.7 Å². The number of aryl methyl sites for hydroxylation is 1. The number of halogens is 2. The Balaban J connectivity index is 1.42. The SMILES string of the molecule is Cc1ccc(Cl)c2sc(N(CC3CCCO3)C(=O)c3ccc(NS(=O)(=O)c4ccc(F)cc4)cc3)nc12. The molecule has 1 atom stereocenters. The number of aromatic nitrogens is 1. The molecule has 3 aromatic carbocycles. The summed E-state index contributed by atoms with van der Waals surface area (Å²) in [5.41, 5.74) is 2.35. The number of nitrogens with one attached hydrogen (secondary N) is 1. The number of carbonyl (C=O) groups excluding carboxylic acids is 1. The van der Waals surface area contributed by atoms with Crippen molar-refractivity contribution in [2.75, 3.05) is 22.8 Å². The van der Waals surface area contributed by atoms with Gasteiger partial charge in [-0.1, -0.05) is 29.0 Å². The Hall–Kier alpha value is -3.05. The molecule has 1 fully saturated rings. The molecule has 4 aromatic rings. The Bertz CT molecular complexity index is 1510. The van der Waals surface area contributed by atoms with Gasteiger partial charge in [-0.25, -0.2) is 17.8 Å². The molecule has 1 saturated heterocycles. The minimum Gasteiger partial charge on any atom is -0.376 e. The van der Waals surface area contributed by atoms with E-state index in [-0.39, 0.29) is 22.6 Å². The minimum absolute atomic E-state index is 0.0680. The Labute approximate surface area is 222 Å². The number of hydrogen-bond donors (Lipinski definition) is 1.